The van der Waals surface area contributed by atoms with Crippen molar-refractivity contribution >= 4 is 23.8 Å². The number of hydrogen-bond acceptors (Lipinski definition) is 6. The fourth-order valence-corrected chi connectivity index (χ4v) is 1.50. The minimum Gasteiger partial charge on any atom is -0.507 e. The predicted octanol–water partition coefficient (Wildman–Crippen LogP) is 1.54. The Morgan fingerprint density at radius 3 is 2.36 bits per heavy atom. The number of ether oxygens (including phenoxy) is 2. The Bertz CT molecular complexity index is 598. The molecule has 0 atom stereocenters. The number of carbonyl (C=O) groups is 3. The van der Waals surface area contributed by atoms with Gasteiger partial charge in [0.15, 0.2) is 0 Å². The smallest absolute Gasteiger partial charge is 0.379 e. The van der Waals surface area contributed by atoms with E-state index in [0.29, 0.717) is 11.8 Å². The van der Waals surface area contributed by atoms with E-state index in [1.807, 2.05) is 0 Å². The molecule has 0 aliphatic carbocycles. The Labute approximate surface area is 127 Å². The first-order valence-electron chi connectivity index (χ1n) is 6.63. The minimum atomic E-state index is -1.11. The molecule has 1 rings (SSSR count). The molecule has 0 aliphatic heterocycles. The highest BCUT2D eigenvalue weighted by Crippen LogP contribution is 2.14. The zero-order chi connectivity index (χ0) is 16.5. The highest BCUT2D eigenvalue weighted by atomic mass is 16.5. The molecule has 0 radical (unpaired) electrons. The maximum absolute atomic E-state index is 11.9. The molecule has 0 saturated carbocycles. The number of H-pyrrole nitrogens is 1. The summed E-state index contributed by atoms with van der Waals surface area (Å²) < 4.78 is 9.33. The van der Waals surface area contributed by atoms with Crippen LogP contribution in [0, 0.1) is 0 Å². The van der Waals surface area contributed by atoms with E-state index >= 15 is 0 Å². The van der Waals surface area contributed by atoms with E-state index in [4.69, 9.17) is 4.74 Å². The van der Waals surface area contributed by atoms with Crippen molar-refractivity contribution in [1.82, 2.24) is 4.98 Å². The van der Waals surface area contributed by atoms with Gasteiger partial charge in [0.05, 0.1) is 13.2 Å². The summed E-state index contributed by atoms with van der Waals surface area (Å²) in [6.07, 6.45) is 3.56. The summed E-state index contributed by atoms with van der Waals surface area (Å²) in [4.78, 5) is 37.4. The van der Waals surface area contributed by atoms with Gasteiger partial charge in [-0.1, -0.05) is 0 Å². The second-order valence-corrected chi connectivity index (χ2v) is 4.02. The predicted molar refractivity (Wildman–Crippen MR) is 77.8 cm³/mol. The third-order valence-electron chi connectivity index (χ3n) is 2.44. The molecule has 0 bridgehead atoms. The molecule has 7 heteroatoms. The van der Waals surface area contributed by atoms with Crippen molar-refractivity contribution in [3.05, 3.63) is 41.4 Å². The van der Waals surface area contributed by atoms with Crippen molar-refractivity contribution in [3.63, 3.8) is 0 Å². The van der Waals surface area contributed by atoms with Crippen molar-refractivity contribution < 1.29 is 29.0 Å². The zero-order valence-electron chi connectivity index (χ0n) is 12.3. The molecule has 118 valence electrons. The minimum absolute atomic E-state index is 0.0300. The average molecular weight is 307 g/mol. The van der Waals surface area contributed by atoms with Crippen LogP contribution in [0.2, 0.25) is 0 Å². The van der Waals surface area contributed by atoms with Gasteiger partial charge in [-0.3, -0.25) is 4.79 Å². The third-order valence-corrected chi connectivity index (χ3v) is 2.44. The maximum Gasteiger partial charge on any atom is 0.379 e. The number of esters is 2. The summed E-state index contributed by atoms with van der Waals surface area (Å²) in [6.45, 7) is 3.28. The van der Waals surface area contributed by atoms with E-state index in [2.05, 4.69) is 9.72 Å². The van der Waals surface area contributed by atoms with E-state index < -0.39 is 23.5 Å². The van der Waals surface area contributed by atoms with Gasteiger partial charge in [0, 0.05) is 18.0 Å². The van der Waals surface area contributed by atoms with Crippen molar-refractivity contribution in [2.24, 2.45) is 0 Å². The molecular formula is C15H17NO6. The van der Waals surface area contributed by atoms with Crippen molar-refractivity contribution in [1.29, 1.82) is 0 Å². The van der Waals surface area contributed by atoms with E-state index in [-0.39, 0.29) is 18.8 Å². The average Bonchev–Trinajstić information content (AvgIpc) is 2.98. The first-order valence-corrected chi connectivity index (χ1v) is 6.63. The molecule has 1 aromatic heterocycles. The van der Waals surface area contributed by atoms with Crippen molar-refractivity contribution in [2.75, 3.05) is 13.2 Å². The zero-order valence-corrected chi connectivity index (χ0v) is 12.3. The molecule has 1 aromatic rings. The number of ketones is 1. The maximum atomic E-state index is 11.9. The van der Waals surface area contributed by atoms with E-state index in [1.54, 1.807) is 32.2 Å². The largest absolute Gasteiger partial charge is 0.507 e. The molecule has 0 amide bonds. The summed E-state index contributed by atoms with van der Waals surface area (Å²) in [7, 11) is 0. The lowest BCUT2D eigenvalue weighted by molar-refractivity contribution is -0.151. The van der Waals surface area contributed by atoms with E-state index in [0.717, 1.165) is 0 Å². The number of nitrogens with one attached hydrogen (secondary N) is 1. The molecule has 0 unspecified atom stereocenters. The fourth-order valence-electron chi connectivity index (χ4n) is 1.50. The Morgan fingerprint density at radius 2 is 1.82 bits per heavy atom. The first-order chi connectivity index (χ1) is 10.5. The van der Waals surface area contributed by atoms with Gasteiger partial charge in [0.25, 0.3) is 5.78 Å². The summed E-state index contributed by atoms with van der Waals surface area (Å²) in [5.74, 6) is -3.67. The SMILES string of the molecule is CCOC(=O)C(=O)/C=C(O)/C(=C/c1ccc[nH]1)C(=O)OCC. The second kappa shape index (κ2) is 8.46. The van der Waals surface area contributed by atoms with Crippen LogP contribution < -0.4 is 0 Å². The summed E-state index contributed by atoms with van der Waals surface area (Å²) in [5.41, 5.74) is 0.272. The number of hydrogen-bond donors (Lipinski definition) is 2. The van der Waals surface area contributed by atoms with Gasteiger partial charge in [-0.2, -0.15) is 0 Å². The van der Waals surface area contributed by atoms with Gasteiger partial charge in [0.2, 0.25) is 0 Å². The number of aromatic amines is 1. The number of carbonyl (C=O) groups excluding carboxylic acids is 3. The van der Waals surface area contributed by atoms with Crippen LogP contribution in [0.3, 0.4) is 0 Å². The molecule has 0 aromatic carbocycles. The van der Waals surface area contributed by atoms with Crippen LogP contribution in [0.25, 0.3) is 6.08 Å². The quantitative estimate of drug-likeness (QED) is 0.260. The van der Waals surface area contributed by atoms with Crippen LogP contribution in [0.4, 0.5) is 0 Å². The fraction of sp³-hybridized carbons (Fsp3) is 0.267. The van der Waals surface area contributed by atoms with Gasteiger partial charge in [-0.25, -0.2) is 9.59 Å². The molecule has 0 saturated heterocycles. The molecule has 0 spiro atoms. The van der Waals surface area contributed by atoms with E-state index in [1.165, 1.54) is 6.08 Å². The molecule has 2 N–H and O–H groups in total. The molecule has 22 heavy (non-hydrogen) atoms. The second-order valence-electron chi connectivity index (χ2n) is 4.02. The molecule has 0 aliphatic rings. The lowest BCUT2D eigenvalue weighted by atomic mass is 10.1. The van der Waals surface area contributed by atoms with Gasteiger partial charge in [-0.05, 0) is 32.1 Å². The monoisotopic (exact) mass is 307 g/mol. The Morgan fingerprint density at radius 1 is 1.18 bits per heavy atom. The molecular weight excluding hydrogens is 290 g/mol. The summed E-state index contributed by atoms with van der Waals surface area (Å²) in [5, 5.41) is 9.94. The summed E-state index contributed by atoms with van der Waals surface area (Å²) >= 11 is 0. The lowest BCUT2D eigenvalue weighted by Gasteiger charge is -2.06. The van der Waals surface area contributed by atoms with Crippen LogP contribution >= 0.6 is 0 Å². The number of aliphatic hydroxyl groups is 1. The molecule has 1 heterocycles. The first kappa shape index (κ1) is 17.2. The van der Waals surface area contributed by atoms with Gasteiger partial charge < -0.3 is 19.6 Å². The molecule has 7 nitrogen and oxygen atoms in total. The van der Waals surface area contributed by atoms with Crippen molar-refractivity contribution in [2.45, 2.75) is 13.8 Å². The van der Waals surface area contributed by atoms with E-state index in [9.17, 15) is 19.5 Å². The third kappa shape index (κ3) is 4.93. The van der Waals surface area contributed by atoms with Crippen molar-refractivity contribution in [3.8, 4) is 0 Å². The summed E-state index contributed by atoms with van der Waals surface area (Å²) in [6, 6.07) is 3.35. The van der Waals surface area contributed by atoms with Gasteiger partial charge >= 0.3 is 11.9 Å². The highest BCUT2D eigenvalue weighted by Gasteiger charge is 2.20. The van der Waals surface area contributed by atoms with Crippen LogP contribution in [0.15, 0.2) is 35.7 Å². The highest BCUT2D eigenvalue weighted by molar-refractivity contribution is 6.38. The lowest BCUT2D eigenvalue weighted by Crippen LogP contribution is -2.17. The Hall–Kier alpha value is -2.83. The number of aromatic nitrogens is 1. The normalized spacial score (nSPS) is 11.9. The standard InChI is InChI=1S/C15H17NO6/c1-3-21-14(19)11(8-10-6-5-7-16-10)12(17)9-13(18)15(20)22-4-2/h5-9,16-17H,3-4H2,1-2H3/b11-8-,12-9-. The topological polar surface area (TPSA) is 106 Å². The molecule has 0 fully saturated rings. The number of aliphatic hydroxyl groups excluding tert-OH is 1. The van der Waals surface area contributed by atoms with Gasteiger partial charge in [0.1, 0.15) is 11.3 Å². The van der Waals surface area contributed by atoms with Crippen LogP contribution in [-0.4, -0.2) is 41.0 Å². The van der Waals surface area contributed by atoms with Crippen LogP contribution in [0.1, 0.15) is 19.5 Å². The Kier molecular flexibility index (Phi) is 6.62. The Balaban J connectivity index is 3.08. The van der Waals surface area contributed by atoms with Crippen LogP contribution in [-0.2, 0) is 23.9 Å². The van der Waals surface area contributed by atoms with Crippen LogP contribution in [0.5, 0.6) is 0 Å². The van der Waals surface area contributed by atoms with Gasteiger partial charge in [-0.15, -0.1) is 0 Å². The number of rotatable bonds is 7.